The summed E-state index contributed by atoms with van der Waals surface area (Å²) in [4.78, 5) is 11.3. The van der Waals surface area contributed by atoms with Gasteiger partial charge in [-0.3, -0.25) is 4.79 Å². The number of hydrogen-bond donors (Lipinski definition) is 2. The van der Waals surface area contributed by atoms with E-state index in [0.29, 0.717) is 0 Å². The Balaban J connectivity index is 2.99. The summed E-state index contributed by atoms with van der Waals surface area (Å²) in [7, 11) is -4.15. The molecule has 21 heavy (non-hydrogen) atoms. The minimum atomic E-state index is -4.39. The Hall–Kier alpha value is -1.32. The van der Waals surface area contributed by atoms with E-state index in [4.69, 9.17) is 16.7 Å². The van der Waals surface area contributed by atoms with Gasteiger partial charge in [0, 0.05) is 12.1 Å². The molecule has 0 saturated carbocycles. The van der Waals surface area contributed by atoms with E-state index in [1.165, 1.54) is 13.0 Å². The highest BCUT2D eigenvalue weighted by Crippen LogP contribution is 2.26. The SMILES string of the molecule is Cc1cc(C(=O)NCCC(F)(F)F)cc(S(N)(=O)=O)c1Cl. The first-order valence-electron chi connectivity index (χ1n) is 5.60. The largest absolute Gasteiger partial charge is 0.390 e. The fourth-order valence-electron chi connectivity index (χ4n) is 1.50. The molecular weight excluding hydrogens is 333 g/mol. The molecule has 3 N–H and O–H groups in total. The van der Waals surface area contributed by atoms with Crippen LogP contribution in [0.2, 0.25) is 5.02 Å². The van der Waals surface area contributed by atoms with Crippen LogP contribution in [0, 0.1) is 6.92 Å². The Morgan fingerprint density at radius 3 is 2.43 bits per heavy atom. The predicted octanol–water partition coefficient (Wildman–Crippen LogP) is 1.98. The number of nitrogens with one attached hydrogen (secondary N) is 1. The quantitative estimate of drug-likeness (QED) is 0.875. The topological polar surface area (TPSA) is 89.3 Å². The lowest BCUT2D eigenvalue weighted by Gasteiger charge is -2.11. The third kappa shape index (κ3) is 5.18. The van der Waals surface area contributed by atoms with E-state index < -0.39 is 40.0 Å². The van der Waals surface area contributed by atoms with Crippen LogP contribution >= 0.6 is 11.6 Å². The molecule has 0 aliphatic rings. The van der Waals surface area contributed by atoms with Crippen LogP contribution in [0.25, 0.3) is 0 Å². The molecule has 0 spiro atoms. The minimum absolute atomic E-state index is 0.135. The van der Waals surface area contributed by atoms with Crippen molar-refractivity contribution >= 4 is 27.5 Å². The van der Waals surface area contributed by atoms with Gasteiger partial charge in [0.25, 0.3) is 5.91 Å². The Labute approximate surface area is 124 Å². The van der Waals surface area contributed by atoms with Crippen LogP contribution in [-0.2, 0) is 10.0 Å². The van der Waals surface area contributed by atoms with Crippen molar-refractivity contribution in [2.24, 2.45) is 5.14 Å². The van der Waals surface area contributed by atoms with Gasteiger partial charge < -0.3 is 5.32 Å². The number of alkyl halides is 3. The van der Waals surface area contributed by atoms with Crippen molar-refractivity contribution in [3.05, 3.63) is 28.3 Å². The lowest BCUT2D eigenvalue weighted by Crippen LogP contribution is -2.28. The maximum atomic E-state index is 12.0. The number of carbonyl (C=O) groups is 1. The highest BCUT2D eigenvalue weighted by Gasteiger charge is 2.27. The van der Waals surface area contributed by atoms with Crippen molar-refractivity contribution in [2.45, 2.75) is 24.4 Å². The number of sulfonamides is 1. The van der Waals surface area contributed by atoms with E-state index in [2.05, 4.69) is 0 Å². The zero-order valence-corrected chi connectivity index (χ0v) is 12.4. The van der Waals surface area contributed by atoms with Gasteiger partial charge >= 0.3 is 6.18 Å². The third-order valence-electron chi connectivity index (χ3n) is 2.48. The molecule has 0 radical (unpaired) electrons. The lowest BCUT2D eigenvalue weighted by atomic mass is 10.1. The van der Waals surface area contributed by atoms with Gasteiger partial charge in [-0.2, -0.15) is 13.2 Å². The number of benzene rings is 1. The van der Waals surface area contributed by atoms with Crippen LogP contribution in [-0.4, -0.2) is 27.0 Å². The molecule has 0 fully saturated rings. The summed E-state index contributed by atoms with van der Waals surface area (Å²) < 4.78 is 58.6. The van der Waals surface area contributed by atoms with Crippen LogP contribution in [0.4, 0.5) is 13.2 Å². The van der Waals surface area contributed by atoms with E-state index in [-0.39, 0.29) is 16.1 Å². The second-order valence-corrected chi connectivity index (χ2v) is 6.18. The number of aryl methyl sites for hydroxylation is 1. The highest BCUT2D eigenvalue weighted by atomic mass is 35.5. The lowest BCUT2D eigenvalue weighted by molar-refractivity contribution is -0.132. The van der Waals surface area contributed by atoms with Crippen LogP contribution in [0.5, 0.6) is 0 Å². The molecule has 118 valence electrons. The predicted molar refractivity (Wildman–Crippen MR) is 70.6 cm³/mol. The van der Waals surface area contributed by atoms with Crippen molar-refractivity contribution in [1.82, 2.24) is 5.32 Å². The zero-order chi connectivity index (χ0) is 16.4. The zero-order valence-electron chi connectivity index (χ0n) is 10.8. The Morgan fingerprint density at radius 1 is 1.38 bits per heavy atom. The smallest absolute Gasteiger partial charge is 0.352 e. The molecule has 0 aliphatic heterocycles. The van der Waals surface area contributed by atoms with Crippen LogP contribution in [0.15, 0.2) is 17.0 Å². The van der Waals surface area contributed by atoms with E-state index >= 15 is 0 Å². The molecule has 0 aromatic heterocycles. The first-order valence-corrected chi connectivity index (χ1v) is 7.52. The first kappa shape index (κ1) is 17.7. The summed E-state index contributed by atoms with van der Waals surface area (Å²) in [6, 6.07) is 2.19. The fraction of sp³-hybridized carbons (Fsp3) is 0.364. The average molecular weight is 345 g/mol. The average Bonchev–Trinajstić information content (AvgIpc) is 2.29. The maximum Gasteiger partial charge on any atom is 0.390 e. The van der Waals surface area contributed by atoms with Gasteiger partial charge in [0.2, 0.25) is 10.0 Å². The summed E-state index contributed by atoms with van der Waals surface area (Å²) >= 11 is 5.78. The molecule has 5 nitrogen and oxygen atoms in total. The number of carbonyl (C=O) groups excluding carboxylic acids is 1. The maximum absolute atomic E-state index is 12.0. The summed E-state index contributed by atoms with van der Waals surface area (Å²) in [5, 5.41) is 6.87. The summed E-state index contributed by atoms with van der Waals surface area (Å²) in [5.74, 6) is -0.844. The van der Waals surface area contributed by atoms with Crippen LogP contribution in [0.1, 0.15) is 22.3 Å². The summed E-state index contributed by atoms with van der Waals surface area (Å²) in [6.45, 7) is 0.832. The number of rotatable bonds is 4. The molecule has 0 aliphatic carbocycles. The van der Waals surface area contributed by atoms with E-state index in [1.807, 2.05) is 5.32 Å². The minimum Gasteiger partial charge on any atom is -0.352 e. The van der Waals surface area contributed by atoms with Crippen molar-refractivity contribution < 1.29 is 26.4 Å². The molecule has 0 saturated heterocycles. The molecule has 1 aromatic carbocycles. The van der Waals surface area contributed by atoms with E-state index in [1.54, 1.807) is 0 Å². The number of halogens is 4. The van der Waals surface area contributed by atoms with E-state index in [0.717, 1.165) is 6.07 Å². The van der Waals surface area contributed by atoms with Gasteiger partial charge in [-0.25, -0.2) is 13.6 Å². The molecule has 0 atom stereocenters. The number of hydrogen-bond acceptors (Lipinski definition) is 3. The molecule has 0 unspecified atom stereocenters. The summed E-state index contributed by atoms with van der Waals surface area (Å²) in [6.07, 6.45) is -5.58. The van der Waals surface area contributed by atoms with Crippen molar-refractivity contribution in [1.29, 1.82) is 0 Å². The second kappa shape index (κ2) is 6.20. The Morgan fingerprint density at radius 2 is 1.95 bits per heavy atom. The Bertz CT molecular complexity index is 659. The van der Waals surface area contributed by atoms with Gasteiger partial charge in [-0.1, -0.05) is 11.6 Å². The van der Waals surface area contributed by atoms with Gasteiger partial charge in [0.15, 0.2) is 0 Å². The highest BCUT2D eigenvalue weighted by molar-refractivity contribution is 7.89. The molecule has 0 bridgehead atoms. The number of amides is 1. The molecule has 0 heterocycles. The van der Waals surface area contributed by atoms with Gasteiger partial charge in [-0.15, -0.1) is 0 Å². The monoisotopic (exact) mass is 344 g/mol. The molecule has 10 heteroatoms. The molecule has 1 amide bonds. The normalized spacial score (nSPS) is 12.3. The van der Waals surface area contributed by atoms with Crippen molar-refractivity contribution in [3.8, 4) is 0 Å². The van der Waals surface area contributed by atoms with E-state index in [9.17, 15) is 26.4 Å². The second-order valence-electron chi connectivity index (χ2n) is 4.27. The van der Waals surface area contributed by atoms with Crippen LogP contribution < -0.4 is 10.5 Å². The molecule has 1 rings (SSSR count). The molecular formula is C11H12ClF3N2O3S. The van der Waals surface area contributed by atoms with Crippen molar-refractivity contribution in [2.75, 3.05) is 6.54 Å². The van der Waals surface area contributed by atoms with Gasteiger partial charge in [0.1, 0.15) is 4.90 Å². The first-order chi connectivity index (χ1) is 9.42. The number of primary sulfonamides is 1. The summed E-state index contributed by atoms with van der Waals surface area (Å²) in [5.41, 5.74) is 0.132. The fourth-order valence-corrected chi connectivity index (χ4v) is 2.63. The Kier molecular flexibility index (Phi) is 5.24. The standard InChI is InChI=1S/C11H12ClF3N2O3S/c1-6-4-7(5-8(9(6)12)21(16,19)20)10(18)17-3-2-11(13,14)15/h4-5H,2-3H2,1H3,(H,17,18)(H2,16,19,20). The van der Waals surface area contributed by atoms with Crippen molar-refractivity contribution in [3.63, 3.8) is 0 Å². The molecule has 1 aromatic rings. The number of nitrogens with two attached hydrogens (primary N) is 1. The third-order valence-corrected chi connectivity index (χ3v) is 4.03. The van der Waals surface area contributed by atoms with Gasteiger partial charge in [0.05, 0.1) is 11.4 Å². The van der Waals surface area contributed by atoms with Crippen LogP contribution in [0.3, 0.4) is 0 Å². The van der Waals surface area contributed by atoms with Gasteiger partial charge in [-0.05, 0) is 24.6 Å².